The van der Waals surface area contributed by atoms with Crippen LogP contribution in [0.3, 0.4) is 0 Å². The predicted octanol–water partition coefficient (Wildman–Crippen LogP) is 16.7. The van der Waals surface area contributed by atoms with Gasteiger partial charge in [-0.2, -0.15) is 0 Å². The molecule has 0 bridgehead atoms. The summed E-state index contributed by atoms with van der Waals surface area (Å²) in [6, 6.07) is 106. The Bertz CT molecular complexity index is 4350. The van der Waals surface area contributed by atoms with Crippen LogP contribution in [0.1, 0.15) is 23.5 Å². The first-order valence-corrected chi connectivity index (χ1v) is 30.8. The molecule has 16 rings (SSSR count). The number of nitrogens with zero attached hydrogens (tertiary/aromatic N) is 3. The number of fused-ring (bicyclic) bond motifs is 9. The van der Waals surface area contributed by atoms with Crippen molar-refractivity contribution in [1.29, 1.82) is 0 Å². The van der Waals surface area contributed by atoms with Gasteiger partial charge in [-0.15, -0.1) is 0 Å². The monoisotopic (exact) mass is 1060 g/mol. The first-order valence-electron chi connectivity index (χ1n) is 28.8. The van der Waals surface area contributed by atoms with Crippen LogP contribution < -0.4 is 30.5 Å². The lowest BCUT2D eigenvalue weighted by molar-refractivity contribution is 0.696. The summed E-state index contributed by atoms with van der Waals surface area (Å²) in [5, 5.41) is 8.02. The number of para-hydroxylation sites is 3. The molecule has 1 aromatic heterocycles. The maximum atomic E-state index is 2.64. The van der Waals surface area contributed by atoms with E-state index in [2.05, 4.69) is 330 Å². The summed E-state index contributed by atoms with van der Waals surface area (Å²) >= 11 is 0. The Morgan fingerprint density at radius 1 is 0.402 bits per heavy atom. The number of allylic oxidation sites excluding steroid dienone is 6. The lowest BCUT2D eigenvalue weighted by Crippen LogP contribution is -2.74. The lowest BCUT2D eigenvalue weighted by atomic mass is 9.77. The molecule has 0 saturated carbocycles. The molecule has 0 radical (unpaired) electrons. The second-order valence-electron chi connectivity index (χ2n) is 22.3. The molecule has 0 spiro atoms. The average Bonchev–Trinajstić information content (AvgIpc) is 2.34. The van der Waals surface area contributed by atoms with Crippen molar-refractivity contribution in [1.82, 2.24) is 4.57 Å². The molecule has 388 valence electrons. The van der Waals surface area contributed by atoms with Crippen molar-refractivity contribution < 1.29 is 0 Å². The molecular weight excluding hydrogens is 1010 g/mol. The number of hydrogen-bond donors (Lipinski definition) is 0. The molecule has 11 aromatic carbocycles. The lowest BCUT2D eigenvalue weighted by Gasteiger charge is -2.34. The Hall–Kier alpha value is -10.0. The fourth-order valence-corrected chi connectivity index (χ4v) is 19.1. The van der Waals surface area contributed by atoms with Gasteiger partial charge in [0, 0.05) is 56.7 Å². The Morgan fingerprint density at radius 3 is 1.38 bits per heavy atom. The molecule has 1 saturated heterocycles. The molecule has 1 fully saturated rings. The summed E-state index contributed by atoms with van der Waals surface area (Å²) in [6.07, 6.45) is 13.1. The smallest absolute Gasteiger partial charge is 0.179 e. The Labute approximate surface area is 480 Å². The zero-order chi connectivity index (χ0) is 54.1. The predicted molar refractivity (Wildman–Crippen MR) is 347 cm³/mol. The largest absolute Gasteiger partial charge is 0.336 e. The van der Waals surface area contributed by atoms with E-state index in [4.69, 9.17) is 0 Å². The Balaban J connectivity index is 0.751. The van der Waals surface area contributed by atoms with E-state index < -0.39 is 8.07 Å². The maximum absolute atomic E-state index is 2.65. The van der Waals surface area contributed by atoms with E-state index in [1.165, 1.54) is 92.9 Å². The number of hydrogen-bond acceptors (Lipinski definition) is 2. The van der Waals surface area contributed by atoms with E-state index in [0.29, 0.717) is 17.9 Å². The van der Waals surface area contributed by atoms with Crippen molar-refractivity contribution in [2.45, 2.75) is 18.4 Å². The maximum Gasteiger partial charge on any atom is 0.179 e. The van der Waals surface area contributed by atoms with Gasteiger partial charge in [-0.3, -0.25) is 0 Å². The average molecular weight is 1060 g/mol. The second-order valence-corrected chi connectivity index (χ2v) is 26.1. The van der Waals surface area contributed by atoms with Gasteiger partial charge < -0.3 is 14.4 Å². The standard InChI is InChI=1S/C78H57N3Si/c1-4-18-64(19-5-1)82(65-20-6-2-7-21-65,66-22-8-3-9-23-66)67-50-40-57(41-51-67)56-34-44-61(45-35-56)79(60-42-32-54(33-43-60)55-36-48-63(49-37-55)80-74-28-14-10-24-68(74)69-25-11-15-29-75(69)80)62-46-38-58(39-47-62)59-52-72-70-26-12-16-30-76(70)81-77-31-17-13-27-71(77)73(53-59)78(72)81/h1-26,28-53,71-72,78H,27H2. The van der Waals surface area contributed by atoms with Crippen LogP contribution in [0.15, 0.2) is 327 Å². The highest BCUT2D eigenvalue weighted by Gasteiger charge is 2.51. The highest BCUT2D eigenvalue weighted by molar-refractivity contribution is 7.19. The summed E-state index contributed by atoms with van der Waals surface area (Å²) in [6.45, 7) is 0. The summed E-state index contributed by atoms with van der Waals surface area (Å²) < 4.78 is 2.38. The van der Waals surface area contributed by atoms with E-state index in [-0.39, 0.29) is 0 Å². The van der Waals surface area contributed by atoms with Gasteiger partial charge in [-0.05, 0) is 145 Å². The van der Waals surface area contributed by atoms with Gasteiger partial charge in [0.1, 0.15) is 0 Å². The van der Waals surface area contributed by atoms with E-state index in [1.54, 1.807) is 5.57 Å². The molecule has 12 aromatic rings. The van der Waals surface area contributed by atoms with E-state index in [9.17, 15) is 0 Å². The van der Waals surface area contributed by atoms with Crippen LogP contribution in [0, 0.1) is 5.92 Å². The Morgan fingerprint density at radius 2 is 0.841 bits per heavy atom. The number of rotatable bonds is 11. The van der Waals surface area contributed by atoms with E-state index in [0.717, 1.165) is 29.2 Å². The molecular formula is C78H57N3Si. The molecule has 3 heterocycles. The highest BCUT2D eigenvalue weighted by atomic mass is 28.3. The normalized spacial score (nSPS) is 16.8. The minimum atomic E-state index is -2.65. The molecule has 0 amide bonds. The summed E-state index contributed by atoms with van der Waals surface area (Å²) in [5.74, 6) is 0.729. The van der Waals surface area contributed by atoms with Gasteiger partial charge >= 0.3 is 0 Å². The first kappa shape index (κ1) is 47.9. The second kappa shape index (κ2) is 19.7. The molecule has 2 aliphatic heterocycles. The van der Waals surface area contributed by atoms with Crippen molar-refractivity contribution in [3.63, 3.8) is 0 Å². The van der Waals surface area contributed by atoms with Crippen LogP contribution in [-0.2, 0) is 0 Å². The fraction of sp³-hybridized carbons (Fsp3) is 0.0513. The van der Waals surface area contributed by atoms with Crippen molar-refractivity contribution >= 4 is 78.9 Å². The molecule has 2 aliphatic carbocycles. The number of anilines is 4. The molecule has 4 heteroatoms. The van der Waals surface area contributed by atoms with Crippen LogP contribution >= 0.6 is 0 Å². The van der Waals surface area contributed by atoms with Crippen molar-refractivity contribution in [2.24, 2.45) is 5.92 Å². The van der Waals surface area contributed by atoms with Gasteiger partial charge in [-0.1, -0.05) is 243 Å². The number of aromatic nitrogens is 1. The van der Waals surface area contributed by atoms with Crippen molar-refractivity contribution in [3.05, 3.63) is 338 Å². The quantitative estimate of drug-likeness (QED) is 0.0945. The van der Waals surface area contributed by atoms with Gasteiger partial charge in [-0.25, -0.2) is 0 Å². The summed E-state index contributed by atoms with van der Waals surface area (Å²) in [5.41, 5.74) is 19.9. The van der Waals surface area contributed by atoms with Crippen LogP contribution in [-0.4, -0.2) is 18.7 Å². The van der Waals surface area contributed by atoms with Gasteiger partial charge in [0.2, 0.25) is 0 Å². The minimum Gasteiger partial charge on any atom is -0.336 e. The Kier molecular flexibility index (Phi) is 11.5. The molecule has 3 atom stereocenters. The van der Waals surface area contributed by atoms with Crippen molar-refractivity contribution in [2.75, 3.05) is 9.80 Å². The highest BCUT2D eigenvalue weighted by Crippen LogP contribution is 2.58. The zero-order valence-corrected chi connectivity index (χ0v) is 46.3. The fourth-order valence-electron chi connectivity index (χ4n) is 14.3. The third-order valence-corrected chi connectivity index (χ3v) is 22.8. The van der Waals surface area contributed by atoms with Crippen LogP contribution in [0.5, 0.6) is 0 Å². The summed E-state index contributed by atoms with van der Waals surface area (Å²) in [7, 11) is -2.65. The minimum absolute atomic E-state index is 0.313. The van der Waals surface area contributed by atoms with Crippen LogP contribution in [0.4, 0.5) is 22.7 Å². The van der Waals surface area contributed by atoms with E-state index in [1.807, 2.05) is 0 Å². The SMILES string of the molecule is C1=CCC2C3=CC(c4ccc(N(c5ccc(-c6ccc(-n7c8ccccc8c8ccccc87)cc6)cc5)c5ccc(-c6ccc([Si](c7ccccc7)(c7ccccc7)c7ccccc7)cc6)cc5)cc4)=CC4c5ccccc5N(C2=C1)C34. The molecule has 82 heavy (non-hydrogen) atoms. The van der Waals surface area contributed by atoms with Crippen molar-refractivity contribution in [3.8, 4) is 27.9 Å². The molecule has 4 aliphatic rings. The zero-order valence-electron chi connectivity index (χ0n) is 45.3. The van der Waals surface area contributed by atoms with Gasteiger partial charge in [0.25, 0.3) is 0 Å². The third-order valence-electron chi connectivity index (χ3n) is 18.0. The first-order chi connectivity index (χ1) is 40.7. The summed E-state index contributed by atoms with van der Waals surface area (Å²) in [4.78, 5) is 5.04. The molecule has 3 unspecified atom stereocenters. The topological polar surface area (TPSA) is 11.4 Å². The number of benzene rings is 11. The van der Waals surface area contributed by atoms with Gasteiger partial charge in [0.05, 0.1) is 17.1 Å². The van der Waals surface area contributed by atoms with Gasteiger partial charge in [0.15, 0.2) is 8.07 Å². The third kappa shape index (κ3) is 7.70. The molecule has 3 nitrogen and oxygen atoms in total. The van der Waals surface area contributed by atoms with Crippen LogP contribution in [0.2, 0.25) is 0 Å². The van der Waals surface area contributed by atoms with Crippen LogP contribution in [0.25, 0.3) is 55.3 Å². The molecule has 0 N–H and O–H groups in total. The van der Waals surface area contributed by atoms with E-state index >= 15 is 0 Å².